The van der Waals surface area contributed by atoms with E-state index in [4.69, 9.17) is 0 Å². The molecular weight excluding hydrogens is 247 g/mol. The van der Waals surface area contributed by atoms with Gasteiger partial charge >= 0.3 is 0 Å². The Balaban J connectivity index is 1.97. The molecule has 1 aromatic rings. The number of pyridine rings is 1. The maximum atomic E-state index is 12.8. The van der Waals surface area contributed by atoms with Crippen LogP contribution in [0.3, 0.4) is 0 Å². The van der Waals surface area contributed by atoms with Crippen LogP contribution in [0.2, 0.25) is 0 Å². The molecule has 0 radical (unpaired) electrons. The van der Waals surface area contributed by atoms with Gasteiger partial charge in [-0.2, -0.15) is 0 Å². The molecule has 0 bridgehead atoms. The molecule has 1 saturated heterocycles. The lowest BCUT2D eigenvalue weighted by Gasteiger charge is -2.14. The topological polar surface area (TPSA) is 16.1 Å². The first-order valence-corrected chi connectivity index (χ1v) is 5.61. The van der Waals surface area contributed by atoms with Crippen molar-refractivity contribution in [1.29, 1.82) is 0 Å². The number of nitrogens with zero attached hydrogens (tertiary/aromatic N) is 2. The monoisotopic (exact) mass is 258 g/mol. The smallest absolute Gasteiger partial charge is 0.141 e. The summed E-state index contributed by atoms with van der Waals surface area (Å²) in [5, 5.41) is 0. The Hall–Kier alpha value is -0.480. The molecule has 0 aliphatic carbocycles. The number of hydrogen-bond donors (Lipinski definition) is 0. The van der Waals surface area contributed by atoms with Crippen LogP contribution in [-0.4, -0.2) is 27.8 Å². The number of alkyl halides is 1. The molecule has 2 nitrogen and oxygen atoms in total. The van der Waals surface area contributed by atoms with Gasteiger partial charge in [0.05, 0.1) is 6.20 Å². The first-order valence-electron chi connectivity index (χ1n) is 4.70. The van der Waals surface area contributed by atoms with E-state index in [1.165, 1.54) is 12.6 Å². The van der Waals surface area contributed by atoms with Crippen molar-refractivity contribution in [3.8, 4) is 0 Å². The highest BCUT2D eigenvalue weighted by Gasteiger charge is 2.19. The van der Waals surface area contributed by atoms with Crippen LogP contribution >= 0.6 is 15.9 Å². The largest absolute Gasteiger partial charge is 0.298 e. The number of hydrogen-bond acceptors (Lipinski definition) is 2. The molecule has 1 aromatic heterocycles. The SMILES string of the molecule is Fc1cncc(CN2CCC(Br)C2)c1. The summed E-state index contributed by atoms with van der Waals surface area (Å²) in [6.45, 7) is 2.91. The van der Waals surface area contributed by atoms with Crippen LogP contribution < -0.4 is 0 Å². The van der Waals surface area contributed by atoms with Gasteiger partial charge in [-0.25, -0.2) is 4.39 Å². The quantitative estimate of drug-likeness (QED) is 0.757. The van der Waals surface area contributed by atoms with Crippen molar-refractivity contribution < 1.29 is 4.39 Å². The molecule has 1 fully saturated rings. The summed E-state index contributed by atoms with van der Waals surface area (Å²) < 4.78 is 12.8. The molecule has 14 heavy (non-hydrogen) atoms. The molecule has 0 saturated carbocycles. The number of rotatable bonds is 2. The summed E-state index contributed by atoms with van der Waals surface area (Å²) in [6.07, 6.45) is 4.13. The van der Waals surface area contributed by atoms with Gasteiger partial charge in [0, 0.05) is 24.1 Å². The maximum absolute atomic E-state index is 12.8. The third-order valence-electron chi connectivity index (χ3n) is 2.38. The Labute approximate surface area is 91.3 Å². The van der Waals surface area contributed by atoms with Gasteiger partial charge in [-0.3, -0.25) is 9.88 Å². The zero-order valence-corrected chi connectivity index (χ0v) is 9.37. The molecule has 0 N–H and O–H groups in total. The van der Waals surface area contributed by atoms with Crippen molar-refractivity contribution in [3.05, 3.63) is 29.8 Å². The lowest BCUT2D eigenvalue weighted by Crippen LogP contribution is -2.20. The summed E-state index contributed by atoms with van der Waals surface area (Å²) in [5.74, 6) is -0.253. The van der Waals surface area contributed by atoms with E-state index in [-0.39, 0.29) is 5.82 Å². The van der Waals surface area contributed by atoms with E-state index in [9.17, 15) is 4.39 Å². The zero-order valence-electron chi connectivity index (χ0n) is 7.79. The van der Waals surface area contributed by atoms with Gasteiger partial charge in [0.25, 0.3) is 0 Å². The third-order valence-corrected chi connectivity index (χ3v) is 3.13. The Morgan fingerprint density at radius 2 is 2.43 bits per heavy atom. The second-order valence-electron chi connectivity index (χ2n) is 3.63. The van der Waals surface area contributed by atoms with Gasteiger partial charge < -0.3 is 0 Å². The van der Waals surface area contributed by atoms with E-state index < -0.39 is 0 Å². The highest BCUT2D eigenvalue weighted by atomic mass is 79.9. The molecule has 1 aliphatic heterocycles. The Bertz CT molecular complexity index is 319. The fraction of sp³-hybridized carbons (Fsp3) is 0.500. The van der Waals surface area contributed by atoms with Crippen LogP contribution in [0.15, 0.2) is 18.5 Å². The molecule has 4 heteroatoms. The minimum atomic E-state index is -0.253. The molecule has 0 spiro atoms. The molecule has 76 valence electrons. The number of halogens is 2. The summed E-state index contributed by atoms with van der Waals surface area (Å²) in [6, 6.07) is 1.55. The van der Waals surface area contributed by atoms with Gasteiger partial charge in [-0.15, -0.1) is 0 Å². The average molecular weight is 259 g/mol. The minimum absolute atomic E-state index is 0.253. The Morgan fingerprint density at radius 3 is 3.07 bits per heavy atom. The molecule has 0 aromatic carbocycles. The molecule has 2 heterocycles. The van der Waals surface area contributed by atoms with Crippen LogP contribution in [0, 0.1) is 5.82 Å². The number of aromatic nitrogens is 1. The Morgan fingerprint density at radius 1 is 1.57 bits per heavy atom. The first-order chi connectivity index (χ1) is 6.74. The average Bonchev–Trinajstić information content (AvgIpc) is 2.51. The van der Waals surface area contributed by atoms with Gasteiger partial charge in [-0.1, -0.05) is 15.9 Å². The summed E-state index contributed by atoms with van der Waals surface area (Å²) in [7, 11) is 0. The maximum Gasteiger partial charge on any atom is 0.141 e. The van der Waals surface area contributed by atoms with Crippen molar-refractivity contribution >= 4 is 15.9 Å². The predicted molar refractivity (Wildman–Crippen MR) is 56.8 cm³/mol. The first kappa shape index (κ1) is 10.1. The van der Waals surface area contributed by atoms with Crippen molar-refractivity contribution in [3.63, 3.8) is 0 Å². The van der Waals surface area contributed by atoms with Crippen LogP contribution in [0.4, 0.5) is 4.39 Å². The lowest BCUT2D eigenvalue weighted by atomic mass is 10.2. The van der Waals surface area contributed by atoms with E-state index in [1.807, 2.05) is 0 Å². The highest BCUT2D eigenvalue weighted by molar-refractivity contribution is 9.09. The normalized spacial score (nSPS) is 22.9. The fourth-order valence-corrected chi connectivity index (χ4v) is 2.34. The summed E-state index contributed by atoms with van der Waals surface area (Å²) >= 11 is 3.58. The molecule has 1 aliphatic rings. The standard InChI is InChI=1S/C10H12BrFN2/c11-9-1-2-14(7-9)6-8-3-10(12)5-13-4-8/h3-5,9H,1-2,6-7H2. The number of likely N-dealkylation sites (tertiary alicyclic amines) is 1. The Kier molecular flexibility index (Phi) is 3.13. The van der Waals surface area contributed by atoms with E-state index >= 15 is 0 Å². The highest BCUT2D eigenvalue weighted by Crippen LogP contribution is 2.18. The zero-order chi connectivity index (χ0) is 9.97. The van der Waals surface area contributed by atoms with Crippen molar-refractivity contribution in [2.75, 3.05) is 13.1 Å². The molecular formula is C10H12BrFN2. The summed E-state index contributed by atoms with van der Waals surface area (Å²) in [5.41, 5.74) is 0.951. The fourth-order valence-electron chi connectivity index (χ4n) is 1.73. The molecule has 1 atom stereocenters. The van der Waals surface area contributed by atoms with E-state index in [0.29, 0.717) is 4.83 Å². The second-order valence-corrected chi connectivity index (χ2v) is 4.93. The van der Waals surface area contributed by atoms with Crippen LogP contribution in [-0.2, 0) is 6.54 Å². The van der Waals surface area contributed by atoms with Gasteiger partial charge in [0.15, 0.2) is 0 Å². The van der Waals surface area contributed by atoms with Crippen molar-refractivity contribution in [2.45, 2.75) is 17.8 Å². The predicted octanol–water partition coefficient (Wildman–Crippen LogP) is 2.19. The van der Waals surface area contributed by atoms with Crippen molar-refractivity contribution in [1.82, 2.24) is 9.88 Å². The van der Waals surface area contributed by atoms with Gasteiger partial charge in [0.1, 0.15) is 5.82 Å². The van der Waals surface area contributed by atoms with E-state index in [0.717, 1.165) is 25.2 Å². The summed E-state index contributed by atoms with van der Waals surface area (Å²) in [4.78, 5) is 6.72. The second kappa shape index (κ2) is 4.36. The third kappa shape index (κ3) is 2.51. The van der Waals surface area contributed by atoms with Gasteiger partial charge in [-0.05, 0) is 24.6 Å². The molecule has 0 amide bonds. The minimum Gasteiger partial charge on any atom is -0.298 e. The molecule has 1 unspecified atom stereocenters. The molecule has 2 rings (SSSR count). The van der Waals surface area contributed by atoms with E-state index in [1.54, 1.807) is 12.3 Å². The lowest BCUT2D eigenvalue weighted by molar-refractivity contribution is 0.331. The van der Waals surface area contributed by atoms with Gasteiger partial charge in [0.2, 0.25) is 0 Å². The van der Waals surface area contributed by atoms with E-state index in [2.05, 4.69) is 25.8 Å². The van der Waals surface area contributed by atoms with Crippen LogP contribution in [0.25, 0.3) is 0 Å². The van der Waals surface area contributed by atoms with Crippen LogP contribution in [0.5, 0.6) is 0 Å². The van der Waals surface area contributed by atoms with Crippen LogP contribution in [0.1, 0.15) is 12.0 Å². The van der Waals surface area contributed by atoms with Crippen molar-refractivity contribution in [2.24, 2.45) is 0 Å².